The van der Waals surface area contributed by atoms with Crippen LogP contribution in [-0.4, -0.2) is 110 Å². The van der Waals surface area contributed by atoms with Gasteiger partial charge in [-0.05, 0) is 62.4 Å². The molecule has 0 radical (unpaired) electrons. The van der Waals surface area contributed by atoms with Gasteiger partial charge in [-0.15, -0.1) is 0 Å². The second-order valence-electron chi connectivity index (χ2n) is 17.3. The fourth-order valence-corrected chi connectivity index (χ4v) is 7.43. The van der Waals surface area contributed by atoms with E-state index in [1.165, 1.54) is 39.2 Å². The van der Waals surface area contributed by atoms with Crippen LogP contribution in [0.15, 0.2) is 72.5 Å². The standard InChI is InChI=1S/C22H25N7O2.C10H17BN2O2.C9H11N5O.C5H6BrN3O/c1-29-13-16(10-26-29)18-12-25-22(28-21(18)30-2)27-17-8-20(19(9-23)24-11-17)31-14-15-6-4-3-5-7-15;1-9(2)10(3,4)15-11(14-9)8-6-12-13(5)7-8;1-14-5-6(3-12-14)7-4-11-9(10)13-8(7)15-2;1-10-4-3(6)2-8-5(7)9-4/h8,10-13,15H,3-7,14H2,1-2H3,(H,25,27,28);6-7H,1-5H3;3-5H,1-2H3,(H2,10,11,13);2H,1H3,(H2,7,8,9). The Morgan fingerprint density at radius 3 is 1.77 bits per heavy atom. The lowest BCUT2D eigenvalue weighted by Gasteiger charge is -2.32. The Hall–Kier alpha value is -7.43. The van der Waals surface area contributed by atoms with E-state index in [0.29, 0.717) is 52.0 Å². The van der Waals surface area contributed by atoms with E-state index >= 15 is 0 Å². The molecule has 0 spiro atoms. The maximum atomic E-state index is 9.38. The summed E-state index contributed by atoms with van der Waals surface area (Å²) in [7, 11) is 9.89. The topological polar surface area (TPSA) is 287 Å². The molecule has 8 heterocycles. The summed E-state index contributed by atoms with van der Waals surface area (Å²) in [6.45, 7) is 8.78. The maximum Gasteiger partial charge on any atom is 0.498 e. The van der Waals surface area contributed by atoms with Crippen LogP contribution in [0.3, 0.4) is 0 Å². The highest BCUT2D eigenvalue weighted by atomic mass is 79.9. The molecule has 5 N–H and O–H groups in total. The van der Waals surface area contributed by atoms with Crippen molar-refractivity contribution in [2.24, 2.45) is 27.1 Å². The monoisotopic (exact) mass is 1040 g/mol. The number of aromatic nitrogens is 13. The lowest BCUT2D eigenvalue weighted by molar-refractivity contribution is 0.00578. The average molecular weight is 1040 g/mol. The van der Waals surface area contributed by atoms with E-state index < -0.39 is 0 Å². The van der Waals surface area contributed by atoms with Crippen molar-refractivity contribution in [3.8, 4) is 51.7 Å². The molecule has 0 atom stereocenters. The van der Waals surface area contributed by atoms with Gasteiger partial charge in [-0.25, -0.2) is 19.9 Å². The number of hydrogen-bond donors (Lipinski definition) is 3. The molecule has 71 heavy (non-hydrogen) atoms. The summed E-state index contributed by atoms with van der Waals surface area (Å²) in [5.74, 6) is 3.10. The van der Waals surface area contributed by atoms with Gasteiger partial charge < -0.3 is 45.0 Å². The molecular weight excluding hydrogens is 977 g/mol. The molecule has 23 nitrogen and oxygen atoms in total. The minimum atomic E-state index is -0.302. The Balaban J connectivity index is 0.000000172. The van der Waals surface area contributed by atoms with Gasteiger partial charge in [0.1, 0.15) is 6.07 Å². The highest BCUT2D eigenvalue weighted by Crippen LogP contribution is 2.37. The summed E-state index contributed by atoms with van der Waals surface area (Å²) in [6.07, 6.45) is 23.4. The van der Waals surface area contributed by atoms with Crippen LogP contribution in [0.1, 0.15) is 65.5 Å². The second kappa shape index (κ2) is 23.9. The molecule has 1 aliphatic carbocycles. The lowest BCUT2D eigenvalue weighted by Crippen LogP contribution is -2.41. The molecule has 0 amide bonds. The van der Waals surface area contributed by atoms with Crippen molar-refractivity contribution in [1.82, 2.24) is 64.2 Å². The summed E-state index contributed by atoms with van der Waals surface area (Å²) < 4.78 is 39.0. The number of ether oxygens (including phenoxy) is 4. The smallest absolute Gasteiger partial charge is 0.490 e. The zero-order valence-corrected chi connectivity index (χ0v) is 43.1. The number of nitrogens with two attached hydrogens (primary N) is 2. The van der Waals surface area contributed by atoms with Gasteiger partial charge >= 0.3 is 7.12 Å². The Labute approximate surface area is 421 Å². The van der Waals surface area contributed by atoms with E-state index in [9.17, 15) is 5.26 Å². The van der Waals surface area contributed by atoms with Crippen LogP contribution < -0.4 is 41.2 Å². The molecule has 0 bridgehead atoms. The molecule has 1 saturated carbocycles. The minimum Gasteiger partial charge on any atom is -0.490 e. The van der Waals surface area contributed by atoms with Gasteiger partial charge in [-0.3, -0.25) is 14.0 Å². The quantitative estimate of drug-likeness (QED) is 0.128. The van der Waals surface area contributed by atoms with Gasteiger partial charge in [0, 0.05) is 81.0 Å². The fraction of sp³-hybridized carbons (Fsp3) is 0.413. The predicted octanol–water partition coefficient (Wildman–Crippen LogP) is 5.87. The molecule has 0 aromatic carbocycles. The fourth-order valence-electron chi connectivity index (χ4n) is 7.08. The minimum absolute atomic E-state index is 0.194. The van der Waals surface area contributed by atoms with Crippen LogP contribution in [0.25, 0.3) is 22.3 Å². The first kappa shape index (κ1) is 52.9. The SMILES string of the molecule is COc1nc(N)ncc1-c1cnn(C)c1.COc1nc(N)ncc1Br.COc1nc(Nc2cnc(C#N)c(OCC3CCCCC3)c2)ncc1-c1cnn(C)c1.Cn1cc(B2OC(C)(C)C(C)(C)O2)cn1. The Kier molecular flexibility index (Phi) is 17.8. The van der Waals surface area contributed by atoms with Crippen LogP contribution in [0.4, 0.5) is 23.5 Å². The first-order valence-electron chi connectivity index (χ1n) is 22.4. The van der Waals surface area contributed by atoms with Crippen LogP contribution in [0.2, 0.25) is 0 Å². The molecule has 7 aromatic heterocycles. The predicted molar refractivity (Wildman–Crippen MR) is 270 cm³/mol. The molecular formula is C46H59BBrN17O6. The zero-order valence-electron chi connectivity index (χ0n) is 41.5. The van der Waals surface area contributed by atoms with Crippen molar-refractivity contribution in [2.75, 3.05) is 44.7 Å². The Bertz CT molecular complexity index is 2880. The van der Waals surface area contributed by atoms with Gasteiger partial charge in [0.05, 0.1) is 85.2 Å². The summed E-state index contributed by atoms with van der Waals surface area (Å²) in [4.78, 5) is 28.5. The normalized spacial score (nSPS) is 14.6. The number of methoxy groups -OCH3 is 3. The van der Waals surface area contributed by atoms with Gasteiger partial charge in [0.15, 0.2) is 11.4 Å². The number of aryl methyl sites for hydroxylation is 3. The third-order valence-corrected chi connectivity index (χ3v) is 12.1. The van der Waals surface area contributed by atoms with Gasteiger partial charge in [-0.1, -0.05) is 19.3 Å². The highest BCUT2D eigenvalue weighted by molar-refractivity contribution is 9.10. The first-order chi connectivity index (χ1) is 33.9. The van der Waals surface area contributed by atoms with Crippen LogP contribution >= 0.6 is 15.9 Å². The summed E-state index contributed by atoms with van der Waals surface area (Å²) >= 11 is 3.19. The molecule has 2 aliphatic rings. The third-order valence-electron chi connectivity index (χ3n) is 11.5. The number of hydrogen-bond acceptors (Lipinski definition) is 20. The highest BCUT2D eigenvalue weighted by Gasteiger charge is 2.52. The van der Waals surface area contributed by atoms with E-state index in [0.717, 1.165) is 27.7 Å². The lowest BCUT2D eigenvalue weighted by atomic mass is 9.82. The molecule has 1 aliphatic heterocycles. The number of rotatable bonds is 11. The van der Waals surface area contributed by atoms with Crippen molar-refractivity contribution in [3.05, 3.63) is 78.2 Å². The van der Waals surface area contributed by atoms with E-state index in [4.69, 9.17) is 39.7 Å². The maximum absolute atomic E-state index is 9.38. The molecule has 9 rings (SSSR count). The molecule has 7 aromatic rings. The first-order valence-corrected chi connectivity index (χ1v) is 23.2. The largest absolute Gasteiger partial charge is 0.498 e. The van der Waals surface area contributed by atoms with Crippen molar-refractivity contribution in [3.63, 3.8) is 0 Å². The van der Waals surface area contributed by atoms with Crippen LogP contribution in [0.5, 0.6) is 23.4 Å². The third kappa shape index (κ3) is 14.1. The van der Waals surface area contributed by atoms with E-state index in [2.05, 4.69) is 77.5 Å². The number of nitriles is 1. The number of nitrogens with zero attached hydrogens (tertiary/aromatic N) is 14. The van der Waals surface area contributed by atoms with Crippen LogP contribution in [-0.2, 0) is 30.5 Å². The van der Waals surface area contributed by atoms with E-state index in [1.807, 2.05) is 67.4 Å². The summed E-state index contributed by atoms with van der Waals surface area (Å²) in [5, 5.41) is 24.9. The van der Waals surface area contributed by atoms with Crippen molar-refractivity contribution in [2.45, 2.75) is 71.0 Å². The summed E-state index contributed by atoms with van der Waals surface area (Å²) in [6, 6.07) is 3.86. The molecule has 1 saturated heterocycles. The number of halogens is 1. The Morgan fingerprint density at radius 1 is 0.718 bits per heavy atom. The second-order valence-corrected chi connectivity index (χ2v) is 18.2. The molecule has 2 fully saturated rings. The van der Waals surface area contributed by atoms with Gasteiger partial charge in [-0.2, -0.15) is 35.5 Å². The zero-order chi connectivity index (χ0) is 51.3. The average Bonchev–Trinajstić information content (AvgIpc) is 4.16. The Morgan fingerprint density at radius 2 is 1.25 bits per heavy atom. The molecule has 0 unspecified atom stereocenters. The number of nitrogen functional groups attached to an aromatic ring is 2. The van der Waals surface area contributed by atoms with Crippen LogP contribution in [0, 0.1) is 17.2 Å². The number of anilines is 4. The number of pyridine rings is 1. The molecule has 374 valence electrons. The van der Waals surface area contributed by atoms with Gasteiger partial charge in [0.25, 0.3) is 0 Å². The number of nitrogens with one attached hydrogen (secondary N) is 1. The van der Waals surface area contributed by atoms with Gasteiger partial charge in [0.2, 0.25) is 35.5 Å². The van der Waals surface area contributed by atoms with E-state index in [1.54, 1.807) is 77.7 Å². The van der Waals surface area contributed by atoms with Crippen molar-refractivity contribution < 1.29 is 28.3 Å². The van der Waals surface area contributed by atoms with Crippen molar-refractivity contribution >= 4 is 52.0 Å². The van der Waals surface area contributed by atoms with E-state index in [-0.39, 0.29) is 35.9 Å². The molecule has 25 heteroatoms. The summed E-state index contributed by atoms with van der Waals surface area (Å²) in [5.41, 5.74) is 15.3. The van der Waals surface area contributed by atoms with Crippen molar-refractivity contribution in [1.29, 1.82) is 5.26 Å².